The Morgan fingerprint density at radius 1 is 1.10 bits per heavy atom. The molecule has 5 aromatic rings. The van der Waals surface area contributed by atoms with E-state index in [0.29, 0.717) is 11.2 Å². The lowest BCUT2D eigenvalue weighted by Gasteiger charge is -2.08. The third-order valence-electron chi connectivity index (χ3n) is 4.34. The van der Waals surface area contributed by atoms with Crippen molar-refractivity contribution < 1.29 is 0 Å². The fourth-order valence-corrected chi connectivity index (χ4v) is 6.67. The van der Waals surface area contributed by atoms with Gasteiger partial charge in [-0.2, -0.15) is 0 Å². The molecule has 0 fully saturated rings. The van der Waals surface area contributed by atoms with Crippen LogP contribution in [0.3, 0.4) is 0 Å². The third kappa shape index (κ3) is 3.91. The van der Waals surface area contributed by atoms with Crippen LogP contribution in [0, 0.1) is 0 Å². The van der Waals surface area contributed by atoms with E-state index in [1.165, 1.54) is 34.4 Å². The molecule has 2 N–H and O–H groups in total. The van der Waals surface area contributed by atoms with Crippen LogP contribution in [0.25, 0.3) is 20.7 Å². The van der Waals surface area contributed by atoms with Crippen molar-refractivity contribution in [2.24, 2.45) is 0 Å². The Hall–Kier alpha value is -2.53. The van der Waals surface area contributed by atoms with E-state index in [-0.39, 0.29) is 10.8 Å². The van der Waals surface area contributed by atoms with Crippen LogP contribution in [0.15, 0.2) is 62.4 Å². The lowest BCUT2D eigenvalue weighted by Crippen LogP contribution is -2.12. The van der Waals surface area contributed by atoms with E-state index in [9.17, 15) is 4.79 Å². The molecule has 0 amide bonds. The van der Waals surface area contributed by atoms with E-state index >= 15 is 0 Å². The van der Waals surface area contributed by atoms with Gasteiger partial charge in [0.1, 0.15) is 10.7 Å². The maximum absolute atomic E-state index is 12.8. The van der Waals surface area contributed by atoms with Crippen molar-refractivity contribution in [3.8, 4) is 10.4 Å². The molecule has 150 valence electrons. The monoisotopic (exact) mass is 469 g/mol. The van der Waals surface area contributed by atoms with Crippen LogP contribution in [-0.2, 0) is 0 Å². The zero-order valence-electron chi connectivity index (χ0n) is 15.7. The van der Waals surface area contributed by atoms with E-state index < -0.39 is 0 Å². The molecule has 0 saturated heterocycles. The minimum atomic E-state index is -0.101. The number of para-hydroxylation sites is 1. The van der Waals surface area contributed by atoms with Gasteiger partial charge in [-0.1, -0.05) is 47.4 Å². The summed E-state index contributed by atoms with van der Waals surface area (Å²) in [6.07, 6.45) is 0. The van der Waals surface area contributed by atoms with Gasteiger partial charge in [-0.05, 0) is 30.5 Å². The minimum Gasteiger partial charge on any atom is -0.330 e. The minimum absolute atomic E-state index is 0.0630. The summed E-state index contributed by atoms with van der Waals surface area (Å²) in [5, 5.41) is 17.0. The standard InChI is InChI=1S/C20H15N5OS4/c1-11(29-20-25-24-19(30-20)21-12-6-3-2-4-7-12)16-22-17(26)15-13(10-28-18(15)23-16)14-8-5-9-27-14/h2-11H,1H3,(H,21,24)(H,22,23,26). The molecule has 1 aromatic carbocycles. The quantitative estimate of drug-likeness (QED) is 0.290. The molecule has 0 saturated carbocycles. The van der Waals surface area contributed by atoms with Gasteiger partial charge in [0.25, 0.3) is 5.56 Å². The number of hydrogen-bond donors (Lipinski definition) is 2. The van der Waals surface area contributed by atoms with E-state index in [1.54, 1.807) is 11.3 Å². The highest BCUT2D eigenvalue weighted by atomic mass is 32.2. The number of aromatic amines is 1. The molecule has 0 aliphatic rings. The molecular formula is C20H15N5OS4. The molecule has 0 aliphatic heterocycles. The molecule has 0 radical (unpaired) electrons. The summed E-state index contributed by atoms with van der Waals surface area (Å²) < 4.78 is 0.814. The molecule has 5 rings (SSSR count). The van der Waals surface area contributed by atoms with Gasteiger partial charge >= 0.3 is 0 Å². The number of nitrogens with one attached hydrogen (secondary N) is 2. The third-order valence-corrected chi connectivity index (χ3v) is 8.15. The van der Waals surface area contributed by atoms with E-state index in [0.717, 1.165) is 30.4 Å². The Morgan fingerprint density at radius 2 is 1.97 bits per heavy atom. The topological polar surface area (TPSA) is 83.6 Å². The van der Waals surface area contributed by atoms with Gasteiger partial charge in [-0.3, -0.25) is 4.79 Å². The molecule has 10 heteroatoms. The second-order valence-electron chi connectivity index (χ2n) is 6.38. The van der Waals surface area contributed by atoms with Crippen LogP contribution in [0.4, 0.5) is 10.8 Å². The van der Waals surface area contributed by atoms with Crippen LogP contribution >= 0.6 is 45.8 Å². The lowest BCUT2D eigenvalue weighted by atomic mass is 10.2. The van der Waals surface area contributed by atoms with Crippen molar-refractivity contribution >= 4 is 66.8 Å². The predicted molar refractivity (Wildman–Crippen MR) is 127 cm³/mol. The van der Waals surface area contributed by atoms with Crippen molar-refractivity contribution in [1.82, 2.24) is 20.2 Å². The number of hydrogen-bond acceptors (Lipinski definition) is 9. The zero-order valence-corrected chi connectivity index (χ0v) is 18.9. The second-order valence-corrected chi connectivity index (χ2v) is 10.8. The number of anilines is 2. The van der Waals surface area contributed by atoms with Crippen molar-refractivity contribution in [2.45, 2.75) is 16.5 Å². The fraction of sp³-hybridized carbons (Fsp3) is 0.100. The molecule has 0 aliphatic carbocycles. The summed E-state index contributed by atoms with van der Waals surface area (Å²) >= 11 is 6.13. The van der Waals surface area contributed by atoms with Gasteiger partial charge in [-0.25, -0.2) is 4.98 Å². The molecule has 1 unspecified atom stereocenters. The first-order chi connectivity index (χ1) is 14.7. The number of nitrogens with zero attached hydrogens (tertiary/aromatic N) is 3. The molecule has 4 aromatic heterocycles. The van der Waals surface area contributed by atoms with Crippen LogP contribution in [0.1, 0.15) is 18.0 Å². The van der Waals surface area contributed by atoms with Gasteiger partial charge in [0.15, 0.2) is 4.34 Å². The number of aromatic nitrogens is 4. The molecule has 0 spiro atoms. The van der Waals surface area contributed by atoms with Crippen molar-refractivity contribution in [3.05, 3.63) is 69.4 Å². The Bertz CT molecular complexity index is 1340. The molecule has 30 heavy (non-hydrogen) atoms. The van der Waals surface area contributed by atoms with Crippen LogP contribution in [0.5, 0.6) is 0 Å². The van der Waals surface area contributed by atoms with Crippen LogP contribution in [-0.4, -0.2) is 20.2 Å². The number of benzene rings is 1. The van der Waals surface area contributed by atoms with Gasteiger partial charge < -0.3 is 10.3 Å². The summed E-state index contributed by atoms with van der Waals surface area (Å²) in [6, 6.07) is 13.9. The highest BCUT2D eigenvalue weighted by molar-refractivity contribution is 8.01. The lowest BCUT2D eigenvalue weighted by molar-refractivity contribution is 0.919. The fourth-order valence-electron chi connectivity index (χ4n) is 2.93. The maximum atomic E-state index is 12.8. The molecule has 1 atom stereocenters. The number of rotatable bonds is 6. The van der Waals surface area contributed by atoms with Gasteiger partial charge in [0.2, 0.25) is 5.13 Å². The first-order valence-corrected chi connectivity index (χ1v) is 12.5. The maximum Gasteiger partial charge on any atom is 0.260 e. The molecular weight excluding hydrogens is 455 g/mol. The van der Waals surface area contributed by atoms with Crippen molar-refractivity contribution in [2.75, 3.05) is 5.32 Å². The summed E-state index contributed by atoms with van der Waals surface area (Å²) in [7, 11) is 0. The largest absolute Gasteiger partial charge is 0.330 e. The van der Waals surface area contributed by atoms with E-state index in [2.05, 4.69) is 20.5 Å². The predicted octanol–water partition coefficient (Wildman–Crippen LogP) is 6.16. The Labute approximate surface area is 188 Å². The number of thiophene rings is 2. The Morgan fingerprint density at radius 3 is 2.77 bits per heavy atom. The van der Waals surface area contributed by atoms with Crippen molar-refractivity contribution in [1.29, 1.82) is 0 Å². The highest BCUT2D eigenvalue weighted by Gasteiger charge is 2.18. The van der Waals surface area contributed by atoms with Crippen LogP contribution in [0.2, 0.25) is 0 Å². The summed E-state index contributed by atoms with van der Waals surface area (Å²) in [5.41, 5.74) is 1.82. The SMILES string of the molecule is CC(Sc1nnc(Nc2ccccc2)s1)c1nc2scc(-c3cccs3)c2c(=O)[nH]1. The first-order valence-electron chi connectivity index (χ1n) is 9.05. The first kappa shape index (κ1) is 19.4. The van der Waals surface area contributed by atoms with Gasteiger partial charge in [-0.15, -0.1) is 32.9 Å². The summed E-state index contributed by atoms with van der Waals surface area (Å²) in [6.45, 7) is 2.01. The normalized spacial score (nSPS) is 12.3. The molecule has 6 nitrogen and oxygen atoms in total. The number of thioether (sulfide) groups is 1. The van der Waals surface area contributed by atoms with Crippen molar-refractivity contribution in [3.63, 3.8) is 0 Å². The smallest absolute Gasteiger partial charge is 0.260 e. The second kappa shape index (κ2) is 8.31. The average Bonchev–Trinajstić information content (AvgIpc) is 3.49. The van der Waals surface area contributed by atoms with Crippen LogP contribution < -0.4 is 10.9 Å². The molecule has 4 heterocycles. The van der Waals surface area contributed by atoms with Gasteiger partial charge in [0.05, 0.1) is 10.6 Å². The summed E-state index contributed by atoms with van der Waals surface area (Å²) in [5.74, 6) is 0.643. The molecule has 0 bridgehead atoms. The van der Waals surface area contributed by atoms with E-state index in [1.807, 2.05) is 60.1 Å². The number of H-pyrrole nitrogens is 1. The average molecular weight is 470 g/mol. The zero-order chi connectivity index (χ0) is 20.5. The Kier molecular flexibility index (Phi) is 5.38. The summed E-state index contributed by atoms with van der Waals surface area (Å²) in [4.78, 5) is 22.3. The Balaban J connectivity index is 1.36. The van der Waals surface area contributed by atoms with E-state index in [4.69, 9.17) is 4.98 Å². The van der Waals surface area contributed by atoms with Gasteiger partial charge in [0, 0.05) is 21.5 Å². The highest BCUT2D eigenvalue weighted by Crippen LogP contribution is 2.38. The number of fused-ring (bicyclic) bond motifs is 1.